The summed E-state index contributed by atoms with van der Waals surface area (Å²) in [7, 11) is 0. The minimum atomic E-state index is -0.724. The van der Waals surface area contributed by atoms with Crippen LogP contribution in [0.15, 0.2) is 52.9 Å². The molecule has 1 aliphatic carbocycles. The van der Waals surface area contributed by atoms with Crippen LogP contribution in [0.1, 0.15) is 59.8 Å². The van der Waals surface area contributed by atoms with Crippen LogP contribution in [0.2, 0.25) is 0 Å². The largest absolute Gasteiger partial charge is 0.481 e. The van der Waals surface area contributed by atoms with Crippen LogP contribution >= 0.6 is 0 Å². The highest BCUT2D eigenvalue weighted by Crippen LogP contribution is 2.37. The number of nitrogens with zero attached hydrogens (tertiary/aromatic N) is 3. The Morgan fingerprint density at radius 3 is 2.32 bits per heavy atom. The molecule has 1 heterocycles. The minimum Gasteiger partial charge on any atom is -0.481 e. The molecule has 0 spiro atoms. The van der Waals surface area contributed by atoms with E-state index >= 15 is 0 Å². The van der Waals surface area contributed by atoms with E-state index in [4.69, 9.17) is 14.8 Å². The number of hydrogen-bond donors (Lipinski definition) is 3. The highest BCUT2D eigenvalue weighted by Gasteiger charge is 2.24. The maximum absolute atomic E-state index is 12.5. The third-order valence-corrected chi connectivity index (χ3v) is 6.06. The van der Waals surface area contributed by atoms with Crippen molar-refractivity contribution in [1.82, 2.24) is 10.2 Å². The van der Waals surface area contributed by atoms with Crippen LogP contribution < -0.4 is 10.6 Å². The van der Waals surface area contributed by atoms with Gasteiger partial charge in [0.05, 0.1) is 12.5 Å². The zero-order valence-corrected chi connectivity index (χ0v) is 18.5. The van der Waals surface area contributed by atoms with Crippen molar-refractivity contribution in [2.75, 3.05) is 10.6 Å². The Labute approximate surface area is 196 Å². The number of carboxylic acids is 1. The van der Waals surface area contributed by atoms with Gasteiger partial charge in [-0.3, -0.25) is 9.59 Å². The number of carbonyl (C=O) groups excluding carboxylic acids is 1. The first-order valence-corrected chi connectivity index (χ1v) is 11.2. The van der Waals surface area contributed by atoms with Gasteiger partial charge in [-0.05, 0) is 72.9 Å². The second-order valence-electron chi connectivity index (χ2n) is 8.46. The molecule has 1 aliphatic rings. The summed E-state index contributed by atoms with van der Waals surface area (Å²) < 4.78 is 5.42. The molecule has 0 aliphatic heterocycles. The highest BCUT2D eigenvalue weighted by molar-refractivity contribution is 6.00. The van der Waals surface area contributed by atoms with E-state index in [9.17, 15) is 9.59 Å². The summed E-state index contributed by atoms with van der Waals surface area (Å²) in [6.45, 7) is 0. The molecule has 0 unspecified atom stereocenters. The van der Waals surface area contributed by atoms with Crippen molar-refractivity contribution in [3.8, 4) is 6.07 Å². The number of nitriles is 1. The fourth-order valence-corrected chi connectivity index (χ4v) is 4.26. The topological polar surface area (TPSA) is 141 Å². The van der Waals surface area contributed by atoms with E-state index < -0.39 is 11.9 Å². The molecule has 4 rings (SSSR count). The molecule has 0 saturated heterocycles. The Hall–Kier alpha value is -4.19. The molecule has 1 saturated carbocycles. The highest BCUT2D eigenvalue weighted by atomic mass is 16.4. The average Bonchev–Trinajstić information content (AvgIpc) is 3.30. The molecule has 1 amide bonds. The van der Waals surface area contributed by atoms with Gasteiger partial charge in [0.25, 0.3) is 0 Å². The first-order chi connectivity index (χ1) is 16.5. The SMILES string of the molecule is N#CCc1ccc(Nc2nnc(C(=O)Nc3ccc([C@H]4CC[C@H](CC(=O)O)CC4)cc3)o2)cc1. The zero-order chi connectivity index (χ0) is 23.9. The molecular weight excluding hydrogens is 434 g/mol. The van der Waals surface area contributed by atoms with E-state index in [0.717, 1.165) is 31.2 Å². The fourth-order valence-electron chi connectivity index (χ4n) is 4.26. The second-order valence-corrected chi connectivity index (χ2v) is 8.46. The van der Waals surface area contributed by atoms with Crippen molar-refractivity contribution < 1.29 is 19.1 Å². The van der Waals surface area contributed by atoms with Crippen molar-refractivity contribution in [2.45, 2.75) is 44.4 Å². The minimum absolute atomic E-state index is 0.0898. The van der Waals surface area contributed by atoms with Crippen molar-refractivity contribution >= 4 is 29.3 Å². The second kappa shape index (κ2) is 10.6. The Morgan fingerprint density at radius 1 is 1.00 bits per heavy atom. The molecule has 3 N–H and O–H groups in total. The number of nitrogens with one attached hydrogen (secondary N) is 2. The van der Waals surface area contributed by atoms with E-state index in [-0.39, 0.29) is 24.2 Å². The van der Waals surface area contributed by atoms with Crippen molar-refractivity contribution in [3.63, 3.8) is 0 Å². The molecule has 9 nitrogen and oxygen atoms in total. The van der Waals surface area contributed by atoms with Gasteiger partial charge in [-0.15, -0.1) is 5.10 Å². The van der Waals surface area contributed by atoms with Crippen molar-refractivity contribution in [2.24, 2.45) is 5.92 Å². The molecule has 3 aromatic rings. The molecular formula is C25H25N5O4. The predicted molar refractivity (Wildman–Crippen MR) is 125 cm³/mol. The lowest BCUT2D eigenvalue weighted by Gasteiger charge is -2.28. The third-order valence-electron chi connectivity index (χ3n) is 6.06. The summed E-state index contributed by atoms with van der Waals surface area (Å²) in [6.07, 6.45) is 4.38. The standard InChI is InChI=1S/C25H25N5O4/c26-14-13-16-3-9-21(10-4-16)28-25-30-29-24(34-25)23(33)27-20-11-7-19(8-12-20)18-5-1-17(2-6-18)15-22(31)32/h3-4,7-12,17-18H,1-2,5-6,13,15H2,(H,27,33)(H,28,30)(H,31,32)/t17-,18-. The lowest BCUT2D eigenvalue weighted by Crippen LogP contribution is -2.16. The summed E-state index contributed by atoms with van der Waals surface area (Å²) in [4.78, 5) is 23.4. The zero-order valence-electron chi connectivity index (χ0n) is 18.5. The van der Waals surface area contributed by atoms with Crippen LogP contribution in [0.5, 0.6) is 0 Å². The Balaban J connectivity index is 1.30. The lowest BCUT2D eigenvalue weighted by molar-refractivity contribution is -0.138. The smallest absolute Gasteiger partial charge is 0.320 e. The van der Waals surface area contributed by atoms with Gasteiger partial charge in [-0.1, -0.05) is 29.4 Å². The molecule has 2 aromatic carbocycles. The summed E-state index contributed by atoms with van der Waals surface area (Å²) in [6, 6.07) is 17.1. The van der Waals surface area contributed by atoms with Gasteiger partial charge in [0, 0.05) is 17.8 Å². The van der Waals surface area contributed by atoms with Gasteiger partial charge in [-0.2, -0.15) is 5.26 Å². The Bertz CT molecular complexity index is 1170. The van der Waals surface area contributed by atoms with Crippen LogP contribution in [0, 0.1) is 17.2 Å². The van der Waals surface area contributed by atoms with Gasteiger partial charge in [-0.25, -0.2) is 0 Å². The normalized spacial score (nSPS) is 17.5. The number of carbonyl (C=O) groups is 2. The van der Waals surface area contributed by atoms with Crippen molar-refractivity contribution in [1.29, 1.82) is 5.26 Å². The van der Waals surface area contributed by atoms with Crippen LogP contribution in [-0.2, 0) is 11.2 Å². The maximum Gasteiger partial charge on any atom is 0.320 e. The van der Waals surface area contributed by atoms with Gasteiger partial charge >= 0.3 is 23.8 Å². The first kappa shape index (κ1) is 23.0. The Kier molecular flexibility index (Phi) is 7.18. The number of rotatable bonds is 8. The van der Waals surface area contributed by atoms with Gasteiger partial charge in [0.2, 0.25) is 0 Å². The number of amides is 1. The summed E-state index contributed by atoms with van der Waals surface area (Å²) in [5.41, 5.74) is 3.41. The van der Waals surface area contributed by atoms with Gasteiger partial charge < -0.3 is 20.2 Å². The van der Waals surface area contributed by atoms with E-state index in [1.165, 1.54) is 5.56 Å². The van der Waals surface area contributed by atoms with Crippen LogP contribution in [0.3, 0.4) is 0 Å². The molecule has 0 radical (unpaired) electrons. The van der Waals surface area contributed by atoms with Crippen LogP contribution in [0.25, 0.3) is 0 Å². The fraction of sp³-hybridized carbons (Fsp3) is 0.320. The number of carboxylic acid groups (broad SMARTS) is 1. The molecule has 34 heavy (non-hydrogen) atoms. The quantitative estimate of drug-likeness (QED) is 0.433. The predicted octanol–water partition coefficient (Wildman–Crippen LogP) is 4.88. The monoisotopic (exact) mass is 459 g/mol. The maximum atomic E-state index is 12.5. The summed E-state index contributed by atoms with van der Waals surface area (Å²) >= 11 is 0. The van der Waals surface area contributed by atoms with Crippen LogP contribution in [0.4, 0.5) is 17.4 Å². The van der Waals surface area contributed by atoms with E-state index in [1.54, 1.807) is 12.1 Å². The van der Waals surface area contributed by atoms with Gasteiger partial charge in [0.1, 0.15) is 0 Å². The number of anilines is 3. The summed E-state index contributed by atoms with van der Waals surface area (Å²) in [5.74, 6) is -0.716. The van der Waals surface area contributed by atoms with Crippen LogP contribution in [-0.4, -0.2) is 27.2 Å². The first-order valence-electron chi connectivity index (χ1n) is 11.2. The number of aliphatic carboxylic acids is 1. The molecule has 9 heteroatoms. The Morgan fingerprint density at radius 2 is 1.68 bits per heavy atom. The molecule has 0 atom stereocenters. The molecule has 0 bridgehead atoms. The van der Waals surface area contributed by atoms with E-state index in [1.807, 2.05) is 36.4 Å². The third kappa shape index (κ3) is 5.98. The molecule has 1 fully saturated rings. The van der Waals surface area contributed by atoms with Gasteiger partial charge in [0.15, 0.2) is 0 Å². The molecule has 174 valence electrons. The number of benzene rings is 2. The summed E-state index contributed by atoms with van der Waals surface area (Å²) in [5, 5.41) is 31.0. The van der Waals surface area contributed by atoms with E-state index in [2.05, 4.69) is 26.9 Å². The average molecular weight is 460 g/mol. The number of hydrogen-bond acceptors (Lipinski definition) is 7. The lowest BCUT2D eigenvalue weighted by atomic mass is 9.77. The van der Waals surface area contributed by atoms with Crippen molar-refractivity contribution in [3.05, 3.63) is 65.5 Å². The van der Waals surface area contributed by atoms with E-state index in [0.29, 0.717) is 23.7 Å². The molecule has 1 aromatic heterocycles. The number of aromatic nitrogens is 2.